The van der Waals surface area contributed by atoms with Crippen molar-refractivity contribution in [2.45, 2.75) is 124 Å². The molecule has 0 radical (unpaired) electrons. The molecule has 8 rings (SSSR count). The van der Waals surface area contributed by atoms with Gasteiger partial charge in [0.1, 0.15) is 22.4 Å². The Morgan fingerprint density at radius 1 is 0.935 bits per heavy atom. The summed E-state index contributed by atoms with van der Waals surface area (Å²) in [6.45, 7) is 6.55. The van der Waals surface area contributed by atoms with Crippen molar-refractivity contribution in [2.75, 3.05) is 13.1 Å². The molecule has 12 heteroatoms. The molecule has 0 aromatic heterocycles. The van der Waals surface area contributed by atoms with E-state index >= 15 is 0 Å². The zero-order valence-electron chi connectivity index (χ0n) is 26.5. The molecule has 0 amide bonds. The number of carbonyl (C=O) groups is 1. The van der Waals surface area contributed by atoms with E-state index in [0.717, 1.165) is 6.42 Å². The molecule has 254 valence electrons. The van der Waals surface area contributed by atoms with Crippen LogP contribution in [0.25, 0.3) is 0 Å². The quantitative estimate of drug-likeness (QED) is 0.256. The van der Waals surface area contributed by atoms with Crippen LogP contribution in [0.3, 0.4) is 0 Å². The van der Waals surface area contributed by atoms with Gasteiger partial charge in [0, 0.05) is 55.1 Å². The SMILES string of the molecule is C[C@H]1CC[C@@H]2N(C1)C[C@@H]1[C@](O)([C@@H](O)C[C@@]3(O)[C@@H]4CC[C@@H]5[C@]6(O)O[C@@]4(C[C@@]13O)[C@@]5(C)CC[C@@H]6OC(=O)c1ccc(Cl)c(Cl)c1)[C@]2(C)O. The van der Waals surface area contributed by atoms with Crippen molar-refractivity contribution in [1.82, 2.24) is 4.90 Å². The number of rotatable bonds is 2. The van der Waals surface area contributed by atoms with Gasteiger partial charge in [-0.1, -0.05) is 37.0 Å². The number of carbonyl (C=O) groups excluding carboxylic acids is 1. The van der Waals surface area contributed by atoms with E-state index in [2.05, 4.69) is 11.8 Å². The lowest BCUT2D eigenvalue weighted by Crippen LogP contribution is -2.85. The van der Waals surface area contributed by atoms with Gasteiger partial charge in [0.2, 0.25) is 5.79 Å². The highest BCUT2D eigenvalue weighted by Gasteiger charge is 2.88. The zero-order chi connectivity index (χ0) is 33.0. The van der Waals surface area contributed by atoms with Crippen molar-refractivity contribution in [3.63, 3.8) is 0 Å². The van der Waals surface area contributed by atoms with Crippen LogP contribution in [0, 0.1) is 29.1 Å². The van der Waals surface area contributed by atoms with Crippen LogP contribution in [-0.2, 0) is 9.47 Å². The third-order valence-corrected chi connectivity index (χ3v) is 15.2. The molecule has 10 nitrogen and oxygen atoms in total. The maximum Gasteiger partial charge on any atom is 0.338 e. The van der Waals surface area contributed by atoms with Gasteiger partial charge in [-0.15, -0.1) is 0 Å². The standard InChI is InChI=1S/C34H45Cl2NO9/c1-17-4-9-24-29(3,40)33(43)23(15-37(24)14-17)31(42)16-32-22(30(31,41)13-25(33)38)8-7-21-28(32,2)11-10-26(34(21,44)46-32)45-27(39)18-5-6-19(35)20(36)12-18/h5-6,12,17,21-26,38,40-44H,4,7-11,13-16H2,1-3H3/t17-,21-,22-,23-,24-,25-,26-,28-,29+,30+,31+,32+,33-,34-/m0/s1. The fraction of sp³-hybridized carbons (Fsp3) is 0.794. The van der Waals surface area contributed by atoms with Crippen molar-refractivity contribution >= 4 is 29.2 Å². The van der Waals surface area contributed by atoms with Crippen molar-refractivity contribution in [3.8, 4) is 0 Å². The Balaban J connectivity index is 1.18. The molecule has 14 atom stereocenters. The molecule has 3 saturated heterocycles. The highest BCUT2D eigenvalue weighted by molar-refractivity contribution is 6.42. The molecule has 0 unspecified atom stereocenters. The highest BCUT2D eigenvalue weighted by Crippen LogP contribution is 2.78. The zero-order valence-corrected chi connectivity index (χ0v) is 28.0. The van der Waals surface area contributed by atoms with E-state index in [1.807, 2.05) is 6.92 Å². The minimum atomic E-state index is -2.09. The molecule has 6 N–H and O–H groups in total. The van der Waals surface area contributed by atoms with Crippen molar-refractivity contribution in [3.05, 3.63) is 33.8 Å². The Morgan fingerprint density at radius 3 is 2.37 bits per heavy atom. The average Bonchev–Trinajstić information content (AvgIpc) is 3.15. The van der Waals surface area contributed by atoms with E-state index in [4.69, 9.17) is 32.7 Å². The van der Waals surface area contributed by atoms with E-state index in [-0.39, 0.29) is 30.0 Å². The lowest BCUT2D eigenvalue weighted by Gasteiger charge is -2.68. The lowest BCUT2D eigenvalue weighted by molar-refractivity contribution is -0.354. The van der Waals surface area contributed by atoms with Crippen LogP contribution in [0.4, 0.5) is 0 Å². The first-order valence-electron chi connectivity index (χ1n) is 16.8. The van der Waals surface area contributed by atoms with E-state index in [9.17, 15) is 35.4 Å². The lowest BCUT2D eigenvalue weighted by atomic mass is 9.49. The molecule has 7 fully saturated rings. The molecule has 1 aromatic carbocycles. The summed E-state index contributed by atoms with van der Waals surface area (Å²) in [4.78, 5) is 15.4. The first-order valence-corrected chi connectivity index (χ1v) is 17.5. The molecule has 1 spiro atoms. The summed E-state index contributed by atoms with van der Waals surface area (Å²) in [6.07, 6.45) is 0.145. The second-order valence-electron chi connectivity index (χ2n) is 16.3. The highest BCUT2D eigenvalue weighted by atomic mass is 35.5. The molecule has 3 aliphatic heterocycles. The first-order chi connectivity index (χ1) is 21.4. The van der Waals surface area contributed by atoms with Gasteiger partial charge in [0.05, 0.1) is 27.3 Å². The number of aliphatic hydroxyl groups is 6. The molecule has 46 heavy (non-hydrogen) atoms. The van der Waals surface area contributed by atoms with E-state index in [1.54, 1.807) is 6.92 Å². The molecule has 4 aliphatic carbocycles. The predicted molar refractivity (Wildman–Crippen MR) is 166 cm³/mol. The third kappa shape index (κ3) is 3.55. The van der Waals surface area contributed by atoms with Gasteiger partial charge in [-0.3, -0.25) is 4.90 Å². The van der Waals surface area contributed by atoms with Crippen LogP contribution in [-0.4, -0.2) is 107 Å². The molecule has 1 aromatic rings. The van der Waals surface area contributed by atoms with E-state index in [1.165, 1.54) is 18.2 Å². The molecular weight excluding hydrogens is 637 g/mol. The van der Waals surface area contributed by atoms with Gasteiger partial charge in [-0.25, -0.2) is 4.79 Å². The minimum Gasteiger partial charge on any atom is -0.453 e. The summed E-state index contributed by atoms with van der Waals surface area (Å²) in [7, 11) is 0. The van der Waals surface area contributed by atoms with Crippen LogP contribution in [0.1, 0.15) is 82.5 Å². The molecule has 3 heterocycles. The minimum absolute atomic E-state index is 0.103. The van der Waals surface area contributed by atoms with Gasteiger partial charge in [0.25, 0.3) is 0 Å². The van der Waals surface area contributed by atoms with Crippen LogP contribution < -0.4 is 0 Å². The fourth-order valence-corrected chi connectivity index (χ4v) is 12.6. The maximum atomic E-state index is 13.3. The van der Waals surface area contributed by atoms with Crippen LogP contribution >= 0.6 is 23.2 Å². The number of hydrogen-bond acceptors (Lipinski definition) is 10. The Kier molecular flexibility index (Phi) is 6.71. The van der Waals surface area contributed by atoms with E-state index in [0.29, 0.717) is 49.6 Å². The maximum absolute atomic E-state index is 13.3. The molecular formula is C34H45Cl2NO9. The summed E-state index contributed by atoms with van der Waals surface area (Å²) < 4.78 is 12.7. The number of fused-ring (bicyclic) bond motifs is 5. The summed E-state index contributed by atoms with van der Waals surface area (Å²) in [6, 6.07) is 4.01. The van der Waals surface area contributed by atoms with Gasteiger partial charge >= 0.3 is 5.97 Å². The first kappa shape index (κ1) is 32.2. The number of esters is 1. The summed E-state index contributed by atoms with van der Waals surface area (Å²) in [5.41, 5.74) is -9.48. The Hall–Kier alpha value is -1.05. The summed E-state index contributed by atoms with van der Waals surface area (Å²) >= 11 is 12.2. The van der Waals surface area contributed by atoms with Gasteiger partial charge in [0.15, 0.2) is 6.10 Å². The smallest absolute Gasteiger partial charge is 0.338 e. The number of benzene rings is 1. The van der Waals surface area contributed by atoms with Gasteiger partial charge in [-0.2, -0.15) is 0 Å². The molecule has 4 bridgehead atoms. The van der Waals surface area contributed by atoms with Gasteiger partial charge in [-0.05, 0) is 69.6 Å². The van der Waals surface area contributed by atoms with Crippen LogP contribution in [0.5, 0.6) is 0 Å². The average molecular weight is 683 g/mol. The number of halogens is 2. The molecule has 7 aliphatic rings. The van der Waals surface area contributed by atoms with Crippen LogP contribution in [0.15, 0.2) is 18.2 Å². The third-order valence-electron chi connectivity index (χ3n) is 14.5. The van der Waals surface area contributed by atoms with Crippen molar-refractivity contribution in [2.24, 2.45) is 29.1 Å². The molecule has 4 saturated carbocycles. The largest absolute Gasteiger partial charge is 0.453 e. The second kappa shape index (κ2) is 9.59. The Labute approximate surface area is 278 Å². The summed E-state index contributed by atoms with van der Waals surface area (Å²) in [5.74, 6) is -4.48. The number of piperidine rings is 2. The second-order valence-corrected chi connectivity index (χ2v) is 17.1. The number of ether oxygens (including phenoxy) is 2. The normalized spacial score (nSPS) is 55.6. The van der Waals surface area contributed by atoms with E-state index < -0.39 is 81.2 Å². The summed E-state index contributed by atoms with van der Waals surface area (Å²) in [5, 5.41) is 74.9. The van der Waals surface area contributed by atoms with Gasteiger partial charge < -0.3 is 40.1 Å². The van der Waals surface area contributed by atoms with Crippen LogP contribution in [0.2, 0.25) is 10.0 Å². The predicted octanol–water partition coefficient (Wildman–Crippen LogP) is 2.65. The monoisotopic (exact) mass is 681 g/mol. The number of aliphatic hydroxyl groups excluding tert-OH is 1. The topological polar surface area (TPSA) is 160 Å². The Bertz CT molecular complexity index is 1500. The number of nitrogens with zero attached hydrogens (tertiary/aromatic N) is 1. The Morgan fingerprint density at radius 2 is 1.65 bits per heavy atom. The van der Waals surface area contributed by atoms with Crippen molar-refractivity contribution < 1.29 is 44.9 Å². The van der Waals surface area contributed by atoms with Crippen molar-refractivity contribution in [1.29, 1.82) is 0 Å². The fourth-order valence-electron chi connectivity index (χ4n) is 12.3. The number of hydrogen-bond donors (Lipinski definition) is 6.